The summed E-state index contributed by atoms with van der Waals surface area (Å²) in [5, 5.41) is 20.1. The lowest BCUT2D eigenvalue weighted by Crippen LogP contribution is -2.64. The zero-order chi connectivity index (χ0) is 37.5. The summed E-state index contributed by atoms with van der Waals surface area (Å²) in [6, 6.07) is 8.47. The van der Waals surface area contributed by atoms with Gasteiger partial charge < -0.3 is 20.3 Å². The van der Waals surface area contributed by atoms with Gasteiger partial charge in [-0.25, -0.2) is 13.2 Å². The van der Waals surface area contributed by atoms with Gasteiger partial charge in [-0.1, -0.05) is 24.1 Å². The fourth-order valence-electron chi connectivity index (χ4n) is 9.78. The largest absolute Gasteiger partial charge is 0.461 e. The highest BCUT2D eigenvalue weighted by atomic mass is 35.5. The Bertz CT molecular complexity index is 2300. The first-order chi connectivity index (χ1) is 26.0. The van der Waals surface area contributed by atoms with Crippen LogP contribution in [0, 0.1) is 51.5 Å². The van der Waals surface area contributed by atoms with Gasteiger partial charge in [0.25, 0.3) is 0 Å². The number of rotatable bonds is 6. The van der Waals surface area contributed by atoms with E-state index in [-0.39, 0.29) is 78.1 Å². The van der Waals surface area contributed by atoms with Crippen molar-refractivity contribution in [1.82, 2.24) is 19.8 Å². The highest BCUT2D eigenvalue weighted by Crippen LogP contribution is 2.48. The number of benzene rings is 2. The third-order valence-electron chi connectivity index (χ3n) is 12.6. The van der Waals surface area contributed by atoms with Gasteiger partial charge >= 0.3 is 6.01 Å². The standard InChI is InChI=1S/C39H38ClF3N8O2S/c40-27-12-25-32(31(43)30(27)24-6-7-28(42)33-29(24)26(15-45)34(46)54-33)47-37(53-20-39-9-3-11-51(39)16-22(41)13-39)48-35(25)49-10-2-1-8-38(17-49)18-50(19-38)36(52)23-5-4-21(23)14-44/h6-7,12,21-23H,1-5,8-11,13,16-20,46H2/t21?,22-,23?,39+/m1/s1. The van der Waals surface area contributed by atoms with E-state index >= 15 is 8.78 Å². The lowest BCUT2D eigenvalue weighted by Gasteiger charge is -2.53. The summed E-state index contributed by atoms with van der Waals surface area (Å²) in [5.41, 5.74) is 5.55. The molecule has 5 fully saturated rings. The molecular formula is C39H38ClF3N8O2S. The highest BCUT2D eigenvalue weighted by Gasteiger charge is 2.51. The van der Waals surface area contributed by atoms with Crippen LogP contribution in [0.15, 0.2) is 18.2 Å². The summed E-state index contributed by atoms with van der Waals surface area (Å²) < 4.78 is 53.4. The van der Waals surface area contributed by atoms with Crippen LogP contribution in [-0.4, -0.2) is 83.3 Å². The van der Waals surface area contributed by atoms with Gasteiger partial charge in [0.05, 0.1) is 38.7 Å². The molecule has 2 unspecified atom stereocenters. The molecule has 54 heavy (non-hydrogen) atoms. The van der Waals surface area contributed by atoms with Gasteiger partial charge in [0.2, 0.25) is 5.91 Å². The number of aromatic nitrogens is 2. The Kier molecular flexibility index (Phi) is 8.60. The smallest absolute Gasteiger partial charge is 0.319 e. The van der Waals surface area contributed by atoms with E-state index in [1.54, 1.807) is 6.07 Å². The van der Waals surface area contributed by atoms with Gasteiger partial charge in [-0.05, 0) is 62.8 Å². The fourth-order valence-corrected chi connectivity index (χ4v) is 11.0. The molecule has 2 N–H and O–H groups in total. The van der Waals surface area contributed by atoms with Crippen LogP contribution in [0.25, 0.3) is 32.1 Å². The maximum atomic E-state index is 17.3. The number of nitrogen functional groups attached to an aromatic ring is 1. The van der Waals surface area contributed by atoms with Crippen LogP contribution in [0.2, 0.25) is 5.02 Å². The van der Waals surface area contributed by atoms with Crippen LogP contribution in [0.4, 0.5) is 24.0 Å². The molecule has 4 atom stereocenters. The summed E-state index contributed by atoms with van der Waals surface area (Å²) in [4.78, 5) is 29.0. The minimum atomic E-state index is -0.960. The first kappa shape index (κ1) is 35.3. The molecule has 2 aromatic heterocycles. The molecule has 1 aliphatic carbocycles. The number of nitrogens with two attached hydrogens (primary N) is 1. The number of hydrogen-bond acceptors (Lipinski definition) is 10. The number of hydrogen-bond donors (Lipinski definition) is 1. The van der Waals surface area contributed by atoms with Gasteiger partial charge in [0.1, 0.15) is 41.0 Å². The first-order valence-corrected chi connectivity index (χ1v) is 19.8. The monoisotopic (exact) mass is 774 g/mol. The number of nitriles is 2. The lowest BCUT2D eigenvalue weighted by atomic mass is 9.70. The maximum Gasteiger partial charge on any atom is 0.319 e. The number of carbonyl (C=O) groups excluding carboxylic acids is 1. The van der Waals surface area contributed by atoms with Gasteiger partial charge in [-0.3, -0.25) is 9.69 Å². The summed E-state index contributed by atoms with van der Waals surface area (Å²) in [6.45, 7) is 3.57. The number of thiophene rings is 1. The van der Waals surface area contributed by atoms with Gasteiger partial charge in [-0.2, -0.15) is 20.5 Å². The quantitative estimate of drug-likeness (QED) is 0.216. The van der Waals surface area contributed by atoms with E-state index in [0.29, 0.717) is 50.3 Å². The van der Waals surface area contributed by atoms with Crippen molar-refractivity contribution in [3.63, 3.8) is 0 Å². The maximum absolute atomic E-state index is 17.3. The molecule has 2 aromatic carbocycles. The topological polar surface area (TPSA) is 135 Å². The fraction of sp³-hybridized carbons (Fsp3) is 0.513. The highest BCUT2D eigenvalue weighted by molar-refractivity contribution is 7.23. The molecule has 4 saturated heterocycles. The lowest BCUT2D eigenvalue weighted by molar-refractivity contribution is -0.152. The number of halogens is 4. The Morgan fingerprint density at radius 1 is 1.11 bits per heavy atom. The van der Waals surface area contributed by atoms with Crippen molar-refractivity contribution in [2.75, 3.05) is 56.5 Å². The summed E-state index contributed by atoms with van der Waals surface area (Å²) in [5.74, 6) is -1.34. The van der Waals surface area contributed by atoms with Crippen molar-refractivity contribution in [3.05, 3.63) is 40.4 Å². The molecule has 10 nitrogen and oxygen atoms in total. The van der Waals surface area contributed by atoms with Crippen LogP contribution in [0.3, 0.4) is 0 Å². The van der Waals surface area contributed by atoms with Crippen LogP contribution < -0.4 is 15.4 Å². The minimum absolute atomic E-state index is 0.0259. The van der Waals surface area contributed by atoms with E-state index in [0.717, 1.165) is 62.8 Å². The molecule has 0 bridgehead atoms. The van der Waals surface area contributed by atoms with Gasteiger partial charge in [0, 0.05) is 60.9 Å². The van der Waals surface area contributed by atoms with Crippen molar-refractivity contribution in [1.29, 1.82) is 10.5 Å². The normalized spacial score (nSPS) is 26.3. The van der Waals surface area contributed by atoms with Crippen LogP contribution in [-0.2, 0) is 4.79 Å². The molecule has 5 aliphatic rings. The second kappa shape index (κ2) is 13.1. The summed E-state index contributed by atoms with van der Waals surface area (Å²) >= 11 is 7.87. The van der Waals surface area contributed by atoms with Crippen molar-refractivity contribution in [3.8, 4) is 29.3 Å². The van der Waals surface area contributed by atoms with Crippen molar-refractivity contribution < 1.29 is 22.7 Å². The Morgan fingerprint density at radius 3 is 2.70 bits per heavy atom. The molecule has 6 heterocycles. The van der Waals surface area contributed by atoms with Crippen molar-refractivity contribution in [2.45, 2.75) is 63.1 Å². The Hall–Kier alpha value is -4.37. The number of nitrogens with zero attached hydrogens (tertiary/aromatic N) is 7. The Balaban J connectivity index is 1.13. The van der Waals surface area contributed by atoms with E-state index in [4.69, 9.17) is 27.1 Å². The van der Waals surface area contributed by atoms with Crippen LogP contribution in [0.1, 0.15) is 56.9 Å². The van der Waals surface area contributed by atoms with Crippen molar-refractivity contribution in [2.24, 2.45) is 17.3 Å². The zero-order valence-electron chi connectivity index (χ0n) is 29.5. The number of alkyl halides is 1. The predicted molar refractivity (Wildman–Crippen MR) is 200 cm³/mol. The number of anilines is 2. The summed E-state index contributed by atoms with van der Waals surface area (Å²) in [6.07, 6.45) is 5.24. The number of likely N-dealkylation sites (tertiary alicyclic amines) is 1. The predicted octanol–water partition coefficient (Wildman–Crippen LogP) is 7.22. The average Bonchev–Trinajstić information content (AvgIpc) is 3.69. The van der Waals surface area contributed by atoms with Gasteiger partial charge in [0.15, 0.2) is 5.82 Å². The number of carbonyl (C=O) groups is 1. The third kappa shape index (κ3) is 5.55. The molecule has 4 aromatic rings. The molecular weight excluding hydrogens is 737 g/mol. The third-order valence-corrected chi connectivity index (χ3v) is 13.9. The second-order valence-corrected chi connectivity index (χ2v) is 17.3. The van der Waals surface area contributed by atoms with Crippen LogP contribution >= 0.6 is 22.9 Å². The zero-order valence-corrected chi connectivity index (χ0v) is 31.1. The molecule has 9 rings (SSSR count). The molecule has 1 spiro atoms. The summed E-state index contributed by atoms with van der Waals surface area (Å²) in [7, 11) is 0. The van der Waals surface area contributed by atoms with Crippen molar-refractivity contribution >= 4 is 60.7 Å². The molecule has 0 radical (unpaired) electrons. The molecule has 4 aliphatic heterocycles. The molecule has 15 heteroatoms. The van der Waals surface area contributed by atoms with E-state index in [9.17, 15) is 19.7 Å². The Labute approximate surface area is 319 Å². The Morgan fingerprint density at radius 2 is 1.94 bits per heavy atom. The molecule has 1 saturated carbocycles. The van der Waals surface area contributed by atoms with E-state index in [2.05, 4.69) is 20.9 Å². The number of fused-ring (bicyclic) bond motifs is 3. The number of amides is 1. The molecule has 280 valence electrons. The minimum Gasteiger partial charge on any atom is -0.461 e. The average molecular weight is 775 g/mol. The van der Waals surface area contributed by atoms with E-state index < -0.39 is 23.3 Å². The SMILES string of the molecule is N#Cc1c(N)sc2c(F)ccc(-c3c(Cl)cc4c(N5CCCCC6(CN(C(=O)C7CCC7C#N)C6)C5)nc(OC[C@@]56CCCN5C[C@H](F)C6)nc4c3F)c12. The second-order valence-electron chi connectivity index (χ2n) is 15.9. The van der Waals surface area contributed by atoms with Crippen LogP contribution in [0.5, 0.6) is 6.01 Å². The number of ether oxygens (including phenoxy) is 1. The first-order valence-electron chi connectivity index (χ1n) is 18.6. The van der Waals surface area contributed by atoms with E-state index in [1.807, 2.05) is 11.0 Å². The van der Waals surface area contributed by atoms with E-state index in [1.165, 1.54) is 12.1 Å². The molecule has 1 amide bonds. The van der Waals surface area contributed by atoms with Gasteiger partial charge in [-0.15, -0.1) is 11.3 Å².